The van der Waals surface area contributed by atoms with Crippen LogP contribution in [0.4, 0.5) is 0 Å². The minimum absolute atomic E-state index is 0.778. The van der Waals surface area contributed by atoms with E-state index in [9.17, 15) is 0 Å². The zero-order valence-electron chi connectivity index (χ0n) is 11.2. The number of aliphatic imine (C=N–C) groups is 1. The molecular weight excluding hydrogens is 206 g/mol. The Hall–Kier alpha value is -1.11. The van der Waals surface area contributed by atoms with Gasteiger partial charge in [-0.2, -0.15) is 0 Å². The Morgan fingerprint density at radius 1 is 1.06 bits per heavy atom. The van der Waals surface area contributed by atoms with Crippen LogP contribution in [0.2, 0.25) is 0 Å². The number of unbranched alkanes of at least 4 members (excludes halogenated alkanes) is 1. The Bertz CT molecular complexity index is 303. The largest absolute Gasteiger partial charge is 0.292 e. The lowest BCUT2D eigenvalue weighted by atomic mass is 9.97. The summed E-state index contributed by atoms with van der Waals surface area (Å²) in [7, 11) is 0. The summed E-state index contributed by atoms with van der Waals surface area (Å²) in [5.74, 6) is 0.778. The zero-order valence-corrected chi connectivity index (χ0v) is 11.2. The first-order valence-electron chi connectivity index (χ1n) is 6.91. The Morgan fingerprint density at radius 2 is 1.82 bits per heavy atom. The summed E-state index contributed by atoms with van der Waals surface area (Å²) in [5.41, 5.74) is 1.21. The highest BCUT2D eigenvalue weighted by molar-refractivity contribution is 5.79. The van der Waals surface area contributed by atoms with Crippen molar-refractivity contribution in [2.24, 2.45) is 10.9 Å². The second-order valence-corrected chi connectivity index (χ2v) is 4.70. The van der Waals surface area contributed by atoms with E-state index in [1.54, 1.807) is 0 Å². The van der Waals surface area contributed by atoms with Crippen molar-refractivity contribution in [3.63, 3.8) is 0 Å². The van der Waals surface area contributed by atoms with E-state index >= 15 is 0 Å². The van der Waals surface area contributed by atoms with Crippen LogP contribution in [0, 0.1) is 5.92 Å². The molecule has 0 saturated heterocycles. The highest BCUT2D eigenvalue weighted by Crippen LogP contribution is 2.15. The monoisotopic (exact) mass is 231 g/mol. The van der Waals surface area contributed by atoms with Gasteiger partial charge in [0.2, 0.25) is 0 Å². The molecule has 0 amide bonds. The molecule has 0 aliphatic rings. The van der Waals surface area contributed by atoms with E-state index in [0.717, 1.165) is 12.5 Å². The number of hydrogen-bond donors (Lipinski definition) is 0. The zero-order chi connectivity index (χ0) is 12.3. The summed E-state index contributed by atoms with van der Waals surface area (Å²) >= 11 is 0. The van der Waals surface area contributed by atoms with E-state index in [1.165, 1.54) is 37.7 Å². The Morgan fingerprint density at radius 3 is 2.47 bits per heavy atom. The summed E-state index contributed by atoms with van der Waals surface area (Å²) in [6, 6.07) is 10.4. The number of nitrogens with zero attached hydrogens (tertiary/aromatic N) is 1. The van der Waals surface area contributed by atoms with Crippen molar-refractivity contribution in [1.29, 1.82) is 0 Å². The highest BCUT2D eigenvalue weighted by Gasteiger charge is 2.05. The van der Waals surface area contributed by atoms with Gasteiger partial charge in [-0.05, 0) is 24.3 Å². The van der Waals surface area contributed by atoms with Crippen molar-refractivity contribution in [2.75, 3.05) is 6.54 Å². The molecule has 1 atom stereocenters. The van der Waals surface area contributed by atoms with Crippen molar-refractivity contribution in [3.05, 3.63) is 35.9 Å². The molecule has 1 nitrogen and oxygen atoms in total. The van der Waals surface area contributed by atoms with Crippen LogP contribution in [0.25, 0.3) is 0 Å². The average molecular weight is 231 g/mol. The normalized spacial score (nSPS) is 13.1. The lowest BCUT2D eigenvalue weighted by Gasteiger charge is -2.12. The molecule has 0 bridgehead atoms. The molecular formula is C16H25N. The van der Waals surface area contributed by atoms with Gasteiger partial charge in [0.15, 0.2) is 0 Å². The van der Waals surface area contributed by atoms with E-state index < -0.39 is 0 Å². The first-order valence-corrected chi connectivity index (χ1v) is 6.91. The summed E-state index contributed by atoms with van der Waals surface area (Å²) in [5, 5.41) is 0. The topological polar surface area (TPSA) is 12.4 Å². The van der Waals surface area contributed by atoms with Gasteiger partial charge in [0, 0.05) is 12.8 Å². The summed E-state index contributed by atoms with van der Waals surface area (Å²) in [4.78, 5) is 4.59. The van der Waals surface area contributed by atoms with Crippen LogP contribution in [-0.2, 0) is 0 Å². The lowest BCUT2D eigenvalue weighted by Crippen LogP contribution is -2.04. The summed E-state index contributed by atoms with van der Waals surface area (Å²) in [6.45, 7) is 5.51. The van der Waals surface area contributed by atoms with Crippen molar-refractivity contribution in [2.45, 2.75) is 46.0 Å². The van der Waals surface area contributed by atoms with Crippen LogP contribution in [0.1, 0.15) is 51.5 Å². The quantitative estimate of drug-likeness (QED) is 0.574. The van der Waals surface area contributed by atoms with E-state index in [4.69, 9.17) is 0 Å². The fourth-order valence-corrected chi connectivity index (χ4v) is 2.07. The molecule has 1 unspecified atom stereocenters. The Kier molecular flexibility index (Phi) is 7.37. The molecule has 0 heterocycles. The molecule has 0 N–H and O–H groups in total. The molecule has 1 rings (SSSR count). The van der Waals surface area contributed by atoms with Crippen LogP contribution in [-0.4, -0.2) is 12.8 Å². The second-order valence-electron chi connectivity index (χ2n) is 4.70. The molecule has 0 aromatic heterocycles. The molecule has 0 aliphatic carbocycles. The predicted molar refractivity (Wildman–Crippen MR) is 76.8 cm³/mol. The third-order valence-corrected chi connectivity index (χ3v) is 3.07. The van der Waals surface area contributed by atoms with Crippen LogP contribution in [0.15, 0.2) is 35.3 Å². The fourth-order valence-electron chi connectivity index (χ4n) is 2.07. The minimum Gasteiger partial charge on any atom is -0.292 e. The summed E-state index contributed by atoms with van der Waals surface area (Å²) < 4.78 is 0. The Labute approximate surface area is 106 Å². The van der Waals surface area contributed by atoms with Gasteiger partial charge in [-0.15, -0.1) is 0 Å². The Balaban J connectivity index is 2.37. The fraction of sp³-hybridized carbons (Fsp3) is 0.562. The highest BCUT2D eigenvalue weighted by atomic mass is 14.7. The number of hydrogen-bond acceptors (Lipinski definition) is 1. The van der Waals surface area contributed by atoms with Gasteiger partial charge < -0.3 is 0 Å². The molecule has 94 valence electrons. The SMILES string of the molecule is CCCCC(CCC)CN=Cc1ccccc1. The summed E-state index contributed by atoms with van der Waals surface area (Å²) in [6.07, 6.45) is 8.56. The maximum Gasteiger partial charge on any atom is 0.0417 e. The van der Waals surface area contributed by atoms with Crippen LogP contribution >= 0.6 is 0 Å². The van der Waals surface area contributed by atoms with Crippen LogP contribution in [0.5, 0.6) is 0 Å². The third-order valence-electron chi connectivity index (χ3n) is 3.07. The first kappa shape index (κ1) is 14.0. The van der Waals surface area contributed by atoms with Crippen molar-refractivity contribution >= 4 is 6.21 Å². The van der Waals surface area contributed by atoms with Crippen molar-refractivity contribution < 1.29 is 0 Å². The molecule has 1 aromatic rings. The van der Waals surface area contributed by atoms with E-state index in [1.807, 2.05) is 12.3 Å². The van der Waals surface area contributed by atoms with Crippen LogP contribution in [0.3, 0.4) is 0 Å². The van der Waals surface area contributed by atoms with Crippen molar-refractivity contribution in [3.8, 4) is 0 Å². The molecule has 0 saturated carbocycles. The van der Waals surface area contributed by atoms with Gasteiger partial charge in [-0.3, -0.25) is 4.99 Å². The maximum atomic E-state index is 4.59. The lowest BCUT2D eigenvalue weighted by molar-refractivity contribution is 0.440. The van der Waals surface area contributed by atoms with Crippen LogP contribution < -0.4 is 0 Å². The van der Waals surface area contributed by atoms with E-state index in [2.05, 4.69) is 43.1 Å². The smallest absolute Gasteiger partial charge is 0.0417 e. The van der Waals surface area contributed by atoms with Gasteiger partial charge >= 0.3 is 0 Å². The third kappa shape index (κ3) is 6.25. The molecule has 1 aromatic carbocycles. The standard InChI is InChI=1S/C16H25N/c1-3-5-10-15(9-4-2)13-17-14-16-11-7-6-8-12-16/h6-8,11-12,14-15H,3-5,9-10,13H2,1-2H3. The maximum absolute atomic E-state index is 4.59. The van der Waals surface area contributed by atoms with E-state index in [0.29, 0.717) is 0 Å². The van der Waals surface area contributed by atoms with E-state index in [-0.39, 0.29) is 0 Å². The molecule has 17 heavy (non-hydrogen) atoms. The van der Waals surface area contributed by atoms with Crippen molar-refractivity contribution in [1.82, 2.24) is 0 Å². The molecule has 0 fully saturated rings. The minimum atomic E-state index is 0.778. The predicted octanol–water partition coefficient (Wildman–Crippen LogP) is 4.71. The van der Waals surface area contributed by atoms with Gasteiger partial charge in [-0.25, -0.2) is 0 Å². The average Bonchev–Trinajstić information content (AvgIpc) is 2.37. The molecule has 1 heteroatoms. The van der Waals surface area contributed by atoms with Gasteiger partial charge in [0.05, 0.1) is 0 Å². The number of rotatable bonds is 8. The second kappa shape index (κ2) is 8.98. The molecule has 0 aliphatic heterocycles. The van der Waals surface area contributed by atoms with Gasteiger partial charge in [0.25, 0.3) is 0 Å². The van der Waals surface area contributed by atoms with Gasteiger partial charge in [0.1, 0.15) is 0 Å². The molecule has 0 spiro atoms. The van der Waals surface area contributed by atoms with Gasteiger partial charge in [-0.1, -0.05) is 63.4 Å². The number of benzene rings is 1. The molecule has 0 radical (unpaired) electrons. The first-order chi connectivity index (χ1) is 8.36.